The van der Waals surface area contributed by atoms with E-state index in [0.717, 1.165) is 17.7 Å². The number of urea groups is 1. The SMILES string of the molecule is CC.C[C@@H]1NC(=O)N(c2ccc(Oc3ccc4c(c3)C3(CCC3)OC4)nc2)C1=O. The molecule has 0 unspecified atom stereocenters. The van der Waals surface area contributed by atoms with Gasteiger partial charge >= 0.3 is 6.03 Å². The van der Waals surface area contributed by atoms with Crippen LogP contribution in [0, 0.1) is 0 Å². The molecule has 2 fully saturated rings. The molecule has 1 atom stereocenters. The molecule has 1 spiro atoms. The van der Waals surface area contributed by atoms with Crippen LogP contribution in [0.4, 0.5) is 10.5 Å². The van der Waals surface area contributed by atoms with Crippen LogP contribution in [-0.4, -0.2) is 23.0 Å². The molecule has 1 aromatic heterocycles. The summed E-state index contributed by atoms with van der Waals surface area (Å²) in [5.74, 6) is 0.814. The highest BCUT2D eigenvalue weighted by atomic mass is 16.5. The van der Waals surface area contributed by atoms with Gasteiger partial charge in [-0.2, -0.15) is 0 Å². The van der Waals surface area contributed by atoms with E-state index in [1.165, 1.54) is 23.7 Å². The fourth-order valence-corrected chi connectivity index (χ4v) is 3.91. The number of nitrogens with zero attached hydrogens (tertiary/aromatic N) is 2. The summed E-state index contributed by atoms with van der Waals surface area (Å²) in [5, 5.41) is 2.58. The maximum absolute atomic E-state index is 12.1. The third kappa shape index (κ3) is 3.25. The second-order valence-corrected chi connectivity index (χ2v) is 7.26. The maximum atomic E-state index is 12.1. The summed E-state index contributed by atoms with van der Waals surface area (Å²) in [4.78, 5) is 29.3. The summed E-state index contributed by atoms with van der Waals surface area (Å²) in [6.45, 7) is 6.31. The molecule has 1 aromatic carbocycles. The summed E-state index contributed by atoms with van der Waals surface area (Å²) in [6, 6.07) is 8.34. The van der Waals surface area contributed by atoms with Crippen molar-refractivity contribution in [3.8, 4) is 11.6 Å². The minimum atomic E-state index is -0.527. The number of pyridine rings is 1. The van der Waals surface area contributed by atoms with E-state index in [9.17, 15) is 9.59 Å². The number of nitrogens with one attached hydrogen (secondary N) is 1. The van der Waals surface area contributed by atoms with E-state index in [2.05, 4.69) is 10.3 Å². The number of rotatable bonds is 3. The Kier molecular flexibility index (Phi) is 5.00. The van der Waals surface area contributed by atoms with E-state index in [-0.39, 0.29) is 11.5 Å². The quantitative estimate of drug-likeness (QED) is 0.786. The van der Waals surface area contributed by atoms with Gasteiger partial charge in [-0.15, -0.1) is 0 Å². The molecule has 3 heterocycles. The number of aromatic nitrogens is 1. The van der Waals surface area contributed by atoms with Crippen LogP contribution >= 0.6 is 0 Å². The Labute approximate surface area is 170 Å². The van der Waals surface area contributed by atoms with E-state index in [1.54, 1.807) is 19.1 Å². The first kappa shape index (κ1) is 19.4. The van der Waals surface area contributed by atoms with Gasteiger partial charge < -0.3 is 14.8 Å². The highest BCUT2D eigenvalue weighted by Gasteiger charge is 2.45. The zero-order chi connectivity index (χ0) is 20.6. The Morgan fingerprint density at radius 3 is 2.59 bits per heavy atom. The Balaban J connectivity index is 0.000000994. The fourth-order valence-electron chi connectivity index (χ4n) is 3.91. The number of carbonyl (C=O) groups is 2. The van der Waals surface area contributed by atoms with Gasteiger partial charge in [0.15, 0.2) is 0 Å². The predicted octanol–water partition coefficient (Wildman–Crippen LogP) is 4.25. The summed E-state index contributed by atoms with van der Waals surface area (Å²) >= 11 is 0. The predicted molar refractivity (Wildman–Crippen MR) is 108 cm³/mol. The van der Waals surface area contributed by atoms with Crippen molar-refractivity contribution in [1.82, 2.24) is 10.3 Å². The second kappa shape index (κ2) is 7.48. The molecule has 1 saturated heterocycles. The van der Waals surface area contributed by atoms with Crippen LogP contribution in [0.2, 0.25) is 0 Å². The molecule has 152 valence electrons. The van der Waals surface area contributed by atoms with Gasteiger partial charge in [-0.3, -0.25) is 4.79 Å². The van der Waals surface area contributed by atoms with Crippen LogP contribution in [0.1, 0.15) is 51.2 Å². The number of fused-ring (bicyclic) bond motifs is 2. The number of ether oxygens (including phenoxy) is 2. The topological polar surface area (TPSA) is 80.8 Å². The van der Waals surface area contributed by atoms with Crippen molar-refractivity contribution >= 4 is 17.6 Å². The molecule has 5 rings (SSSR count). The van der Waals surface area contributed by atoms with Gasteiger partial charge in [0.25, 0.3) is 5.91 Å². The van der Waals surface area contributed by atoms with Gasteiger partial charge in [-0.25, -0.2) is 14.7 Å². The van der Waals surface area contributed by atoms with Crippen LogP contribution in [0.25, 0.3) is 0 Å². The third-order valence-electron chi connectivity index (χ3n) is 5.57. The van der Waals surface area contributed by atoms with E-state index in [4.69, 9.17) is 9.47 Å². The molecule has 0 bridgehead atoms. The number of amides is 3. The largest absolute Gasteiger partial charge is 0.439 e. The first-order valence-electron chi connectivity index (χ1n) is 10.1. The summed E-state index contributed by atoms with van der Waals surface area (Å²) in [6.07, 6.45) is 4.77. The van der Waals surface area contributed by atoms with Crippen molar-refractivity contribution < 1.29 is 19.1 Å². The molecule has 3 aliphatic rings. The number of hydrogen-bond donors (Lipinski definition) is 1. The van der Waals surface area contributed by atoms with Crippen molar-refractivity contribution in [2.75, 3.05) is 4.90 Å². The van der Waals surface area contributed by atoms with Gasteiger partial charge in [0.2, 0.25) is 5.88 Å². The standard InChI is InChI=1S/C20H19N3O4.C2H6/c1-12-18(24)23(19(25)22-12)14-4-6-17(21-10-14)27-15-5-3-13-11-26-20(7-2-8-20)16(13)9-15;1-2/h3-6,9-10,12H,2,7-8,11H2,1H3,(H,22,25);1-2H3/t12-;/m0./s1. The van der Waals surface area contributed by atoms with Gasteiger partial charge in [-0.1, -0.05) is 19.9 Å². The Bertz CT molecular complexity index is 938. The monoisotopic (exact) mass is 395 g/mol. The van der Waals surface area contributed by atoms with E-state index < -0.39 is 12.1 Å². The van der Waals surface area contributed by atoms with Crippen molar-refractivity contribution in [2.45, 2.75) is 58.3 Å². The first-order chi connectivity index (χ1) is 14.1. The molecule has 1 N–H and O–H groups in total. The third-order valence-corrected chi connectivity index (χ3v) is 5.57. The molecular weight excluding hydrogens is 370 g/mol. The number of carbonyl (C=O) groups excluding carboxylic acids is 2. The van der Waals surface area contributed by atoms with Crippen molar-refractivity contribution in [1.29, 1.82) is 0 Å². The molecule has 1 saturated carbocycles. The van der Waals surface area contributed by atoms with Crippen LogP contribution in [0.3, 0.4) is 0 Å². The molecule has 3 amide bonds. The molecular formula is C22H25N3O4. The molecule has 1 aliphatic carbocycles. The second-order valence-electron chi connectivity index (χ2n) is 7.26. The molecule has 0 radical (unpaired) electrons. The molecule has 2 aliphatic heterocycles. The van der Waals surface area contributed by atoms with Gasteiger partial charge in [0.1, 0.15) is 11.8 Å². The number of benzene rings is 1. The molecule has 7 nitrogen and oxygen atoms in total. The van der Waals surface area contributed by atoms with E-state index in [0.29, 0.717) is 23.9 Å². The Morgan fingerprint density at radius 1 is 1.21 bits per heavy atom. The highest BCUT2D eigenvalue weighted by Crippen LogP contribution is 2.51. The van der Waals surface area contributed by atoms with E-state index in [1.807, 2.05) is 32.0 Å². The van der Waals surface area contributed by atoms with Gasteiger partial charge in [-0.05, 0) is 55.5 Å². The Hall–Kier alpha value is -2.93. The average molecular weight is 395 g/mol. The van der Waals surface area contributed by atoms with E-state index >= 15 is 0 Å². The molecule has 2 aromatic rings. The van der Waals surface area contributed by atoms with Crippen LogP contribution in [-0.2, 0) is 21.7 Å². The number of imide groups is 1. The van der Waals surface area contributed by atoms with Gasteiger partial charge in [0, 0.05) is 6.07 Å². The summed E-state index contributed by atoms with van der Waals surface area (Å²) < 4.78 is 11.9. The molecule has 7 heteroatoms. The fraction of sp³-hybridized carbons (Fsp3) is 0.409. The summed E-state index contributed by atoms with van der Waals surface area (Å²) in [5.41, 5.74) is 2.74. The lowest BCUT2D eigenvalue weighted by atomic mass is 9.75. The van der Waals surface area contributed by atoms with Crippen molar-refractivity contribution in [3.05, 3.63) is 47.7 Å². The van der Waals surface area contributed by atoms with Crippen LogP contribution in [0.15, 0.2) is 36.5 Å². The van der Waals surface area contributed by atoms with Gasteiger partial charge in [0.05, 0.1) is 24.1 Å². The zero-order valence-electron chi connectivity index (χ0n) is 16.9. The lowest BCUT2D eigenvalue weighted by Gasteiger charge is -2.38. The lowest BCUT2D eigenvalue weighted by Crippen LogP contribution is -2.33. The Morgan fingerprint density at radius 2 is 2.00 bits per heavy atom. The minimum absolute atomic E-state index is 0.119. The minimum Gasteiger partial charge on any atom is -0.439 e. The van der Waals surface area contributed by atoms with Crippen LogP contribution in [0.5, 0.6) is 11.6 Å². The smallest absolute Gasteiger partial charge is 0.329 e. The normalized spacial score (nSPS) is 21.2. The first-order valence-corrected chi connectivity index (χ1v) is 10.1. The molecule has 29 heavy (non-hydrogen) atoms. The number of anilines is 1. The maximum Gasteiger partial charge on any atom is 0.329 e. The number of hydrogen-bond acceptors (Lipinski definition) is 5. The summed E-state index contributed by atoms with van der Waals surface area (Å²) in [7, 11) is 0. The average Bonchev–Trinajstić information content (AvgIpc) is 3.21. The van der Waals surface area contributed by atoms with Crippen molar-refractivity contribution in [2.24, 2.45) is 0 Å². The zero-order valence-corrected chi connectivity index (χ0v) is 16.9. The van der Waals surface area contributed by atoms with Crippen LogP contribution < -0.4 is 15.0 Å². The van der Waals surface area contributed by atoms with Crippen molar-refractivity contribution in [3.63, 3.8) is 0 Å². The highest BCUT2D eigenvalue weighted by molar-refractivity contribution is 6.21. The lowest BCUT2D eigenvalue weighted by molar-refractivity contribution is -0.117.